The molecule has 0 saturated heterocycles. The van der Waals surface area contributed by atoms with Crippen LogP contribution in [0.5, 0.6) is 0 Å². The van der Waals surface area contributed by atoms with Crippen molar-refractivity contribution in [2.75, 3.05) is 11.1 Å². The summed E-state index contributed by atoms with van der Waals surface area (Å²) in [5, 5.41) is 16.7. The molecule has 2 N–H and O–H groups in total. The Morgan fingerprint density at radius 2 is 2.00 bits per heavy atom. The molecule has 1 aromatic carbocycles. The number of rotatable bonds is 7. The van der Waals surface area contributed by atoms with Gasteiger partial charge in [-0.25, -0.2) is 4.98 Å². The molecule has 0 fully saturated rings. The molecule has 10 heteroatoms. The first-order valence-electron chi connectivity index (χ1n) is 8.08. The SMILES string of the molecule is Cc1ccc(C(=O)NCc2nnc(SCC(=O)Nc3nccs3)n2C)cc1. The van der Waals surface area contributed by atoms with Gasteiger partial charge in [0.2, 0.25) is 5.91 Å². The molecule has 0 aliphatic rings. The summed E-state index contributed by atoms with van der Waals surface area (Å²) in [4.78, 5) is 28.1. The van der Waals surface area contributed by atoms with Crippen molar-refractivity contribution in [2.45, 2.75) is 18.6 Å². The van der Waals surface area contributed by atoms with Crippen LogP contribution in [0.15, 0.2) is 41.0 Å². The van der Waals surface area contributed by atoms with Gasteiger partial charge in [-0.3, -0.25) is 9.59 Å². The maximum Gasteiger partial charge on any atom is 0.251 e. The van der Waals surface area contributed by atoms with Crippen LogP contribution < -0.4 is 10.6 Å². The lowest BCUT2D eigenvalue weighted by atomic mass is 10.1. The van der Waals surface area contributed by atoms with E-state index in [9.17, 15) is 9.59 Å². The minimum absolute atomic E-state index is 0.160. The van der Waals surface area contributed by atoms with Crippen molar-refractivity contribution in [3.63, 3.8) is 0 Å². The molecule has 2 aromatic heterocycles. The van der Waals surface area contributed by atoms with Crippen LogP contribution in [0.25, 0.3) is 0 Å². The van der Waals surface area contributed by atoms with Gasteiger partial charge in [-0.1, -0.05) is 29.5 Å². The number of carbonyl (C=O) groups excluding carboxylic acids is 2. The second-order valence-corrected chi connectivity index (χ2v) is 7.52. The van der Waals surface area contributed by atoms with Crippen LogP contribution in [0.3, 0.4) is 0 Å². The van der Waals surface area contributed by atoms with Gasteiger partial charge in [0, 0.05) is 24.2 Å². The van der Waals surface area contributed by atoms with Gasteiger partial charge in [-0.15, -0.1) is 21.5 Å². The van der Waals surface area contributed by atoms with Gasteiger partial charge in [0.25, 0.3) is 5.91 Å². The third-order valence-electron chi connectivity index (χ3n) is 3.66. The number of amides is 2. The molecule has 0 aliphatic carbocycles. The second-order valence-electron chi connectivity index (χ2n) is 5.68. The van der Waals surface area contributed by atoms with E-state index in [-0.39, 0.29) is 24.1 Å². The summed E-state index contributed by atoms with van der Waals surface area (Å²) in [5.41, 5.74) is 1.69. The van der Waals surface area contributed by atoms with E-state index in [1.54, 1.807) is 35.3 Å². The van der Waals surface area contributed by atoms with Gasteiger partial charge in [-0.05, 0) is 19.1 Å². The third kappa shape index (κ3) is 5.14. The Balaban J connectivity index is 1.51. The topological polar surface area (TPSA) is 102 Å². The van der Waals surface area contributed by atoms with Gasteiger partial charge in [0.05, 0.1) is 12.3 Å². The van der Waals surface area contributed by atoms with Crippen molar-refractivity contribution >= 4 is 40.0 Å². The van der Waals surface area contributed by atoms with Crippen LogP contribution in [-0.2, 0) is 18.4 Å². The van der Waals surface area contributed by atoms with Crippen molar-refractivity contribution in [1.82, 2.24) is 25.1 Å². The summed E-state index contributed by atoms with van der Waals surface area (Å²) in [5.74, 6) is 0.474. The highest BCUT2D eigenvalue weighted by molar-refractivity contribution is 7.99. The van der Waals surface area contributed by atoms with Gasteiger partial charge in [-0.2, -0.15) is 0 Å². The Morgan fingerprint density at radius 1 is 1.22 bits per heavy atom. The summed E-state index contributed by atoms with van der Waals surface area (Å²) in [7, 11) is 1.80. The van der Waals surface area contributed by atoms with Crippen LogP contribution in [0, 0.1) is 6.92 Å². The third-order valence-corrected chi connectivity index (χ3v) is 5.37. The average molecular weight is 403 g/mol. The zero-order chi connectivity index (χ0) is 19.2. The Morgan fingerprint density at radius 3 is 2.70 bits per heavy atom. The van der Waals surface area contributed by atoms with Gasteiger partial charge < -0.3 is 15.2 Å². The maximum atomic E-state index is 12.2. The molecule has 8 nitrogen and oxygen atoms in total. The van der Waals surface area contributed by atoms with Gasteiger partial charge in [0.1, 0.15) is 0 Å². The molecule has 140 valence electrons. The summed E-state index contributed by atoms with van der Waals surface area (Å²) in [6.45, 7) is 2.22. The molecule has 3 rings (SSSR count). The number of nitrogens with zero attached hydrogens (tertiary/aromatic N) is 4. The Hall–Kier alpha value is -2.72. The number of carbonyl (C=O) groups is 2. The first kappa shape index (κ1) is 19.1. The number of hydrogen-bond acceptors (Lipinski definition) is 7. The molecule has 0 spiro atoms. The fourth-order valence-corrected chi connectivity index (χ4v) is 3.44. The molecular weight excluding hydrogens is 384 g/mol. The highest BCUT2D eigenvalue weighted by Crippen LogP contribution is 2.17. The average Bonchev–Trinajstić information content (AvgIpc) is 3.28. The van der Waals surface area contributed by atoms with Crippen LogP contribution in [0.4, 0.5) is 5.13 Å². The molecule has 2 heterocycles. The van der Waals surface area contributed by atoms with E-state index >= 15 is 0 Å². The highest BCUT2D eigenvalue weighted by Gasteiger charge is 2.13. The van der Waals surface area contributed by atoms with Crippen LogP contribution in [0.2, 0.25) is 0 Å². The summed E-state index contributed by atoms with van der Waals surface area (Å²) < 4.78 is 1.76. The largest absolute Gasteiger partial charge is 0.345 e. The summed E-state index contributed by atoms with van der Waals surface area (Å²) in [6.07, 6.45) is 1.63. The molecule has 0 aliphatic heterocycles. The number of aromatic nitrogens is 4. The molecule has 27 heavy (non-hydrogen) atoms. The normalized spacial score (nSPS) is 10.6. The summed E-state index contributed by atoms with van der Waals surface area (Å²) >= 11 is 2.63. The van der Waals surface area contributed by atoms with Crippen LogP contribution in [0.1, 0.15) is 21.7 Å². The fourth-order valence-electron chi connectivity index (χ4n) is 2.16. The first-order valence-corrected chi connectivity index (χ1v) is 9.94. The lowest BCUT2D eigenvalue weighted by Gasteiger charge is -2.06. The number of thioether (sulfide) groups is 1. The zero-order valence-corrected chi connectivity index (χ0v) is 16.4. The number of benzene rings is 1. The van der Waals surface area contributed by atoms with E-state index in [0.29, 0.717) is 21.7 Å². The standard InChI is InChI=1S/C17H18N6O2S2/c1-11-3-5-12(6-4-11)15(25)19-9-13-21-22-17(23(13)2)27-10-14(24)20-16-18-7-8-26-16/h3-8H,9-10H2,1-2H3,(H,19,25)(H,18,20,24). The van der Waals surface area contributed by atoms with Crippen molar-refractivity contribution in [3.05, 3.63) is 52.8 Å². The second kappa shape index (κ2) is 8.78. The van der Waals surface area contributed by atoms with Crippen LogP contribution >= 0.6 is 23.1 Å². The molecule has 0 bridgehead atoms. The predicted molar refractivity (Wildman–Crippen MR) is 105 cm³/mol. The Kier molecular flexibility index (Phi) is 6.20. The number of hydrogen-bond donors (Lipinski definition) is 2. The van der Waals surface area contributed by atoms with E-state index in [4.69, 9.17) is 0 Å². The Labute approximate surface area is 164 Å². The van der Waals surface area contributed by atoms with E-state index < -0.39 is 0 Å². The number of anilines is 1. The number of aryl methyl sites for hydroxylation is 1. The lowest BCUT2D eigenvalue weighted by Crippen LogP contribution is -2.24. The molecule has 2 amide bonds. The van der Waals surface area contributed by atoms with Crippen LogP contribution in [-0.4, -0.2) is 37.3 Å². The monoisotopic (exact) mass is 402 g/mol. The predicted octanol–water partition coefficient (Wildman–Crippen LogP) is 2.24. The van der Waals surface area contributed by atoms with E-state index in [1.807, 2.05) is 19.1 Å². The minimum Gasteiger partial charge on any atom is -0.345 e. The Bertz CT molecular complexity index is 922. The van der Waals surface area contributed by atoms with Crippen molar-refractivity contribution in [1.29, 1.82) is 0 Å². The number of nitrogens with one attached hydrogen (secondary N) is 2. The van der Waals surface area contributed by atoms with E-state index in [2.05, 4.69) is 25.8 Å². The maximum absolute atomic E-state index is 12.2. The molecule has 0 saturated carbocycles. The van der Waals surface area contributed by atoms with Crippen molar-refractivity contribution in [2.24, 2.45) is 7.05 Å². The van der Waals surface area contributed by atoms with Gasteiger partial charge in [0.15, 0.2) is 16.1 Å². The molecule has 0 unspecified atom stereocenters. The minimum atomic E-state index is -0.171. The molecule has 0 atom stereocenters. The van der Waals surface area contributed by atoms with E-state index in [0.717, 1.165) is 5.56 Å². The number of thiazole rings is 1. The molecule has 3 aromatic rings. The van der Waals surface area contributed by atoms with E-state index in [1.165, 1.54) is 23.1 Å². The molecule has 0 radical (unpaired) electrons. The highest BCUT2D eigenvalue weighted by atomic mass is 32.2. The van der Waals surface area contributed by atoms with Crippen molar-refractivity contribution in [3.8, 4) is 0 Å². The summed E-state index contributed by atoms with van der Waals surface area (Å²) in [6, 6.07) is 7.35. The lowest BCUT2D eigenvalue weighted by molar-refractivity contribution is -0.113. The van der Waals surface area contributed by atoms with Crippen molar-refractivity contribution < 1.29 is 9.59 Å². The first-order chi connectivity index (χ1) is 13.0. The molecular formula is C17H18N6O2S2. The van der Waals surface area contributed by atoms with Gasteiger partial charge >= 0.3 is 0 Å². The quantitative estimate of drug-likeness (QED) is 0.588. The fraction of sp³-hybridized carbons (Fsp3) is 0.235. The smallest absolute Gasteiger partial charge is 0.251 e. The zero-order valence-electron chi connectivity index (χ0n) is 14.8.